The molecule has 2 heterocycles. The van der Waals surface area contributed by atoms with Crippen molar-refractivity contribution in [2.24, 2.45) is 5.92 Å². The minimum Gasteiger partial charge on any atom is -0.493 e. The molecular weight excluding hydrogens is 388 g/mol. The summed E-state index contributed by atoms with van der Waals surface area (Å²) in [4.78, 5) is 17.0. The van der Waals surface area contributed by atoms with E-state index in [1.54, 1.807) is 0 Å². The van der Waals surface area contributed by atoms with Gasteiger partial charge in [0, 0.05) is 37.3 Å². The molecule has 1 fully saturated rings. The van der Waals surface area contributed by atoms with Gasteiger partial charge in [0.25, 0.3) is 5.91 Å². The van der Waals surface area contributed by atoms with Gasteiger partial charge in [-0.15, -0.1) is 10.2 Å². The lowest BCUT2D eigenvalue weighted by Gasteiger charge is -2.35. The molecule has 1 saturated heterocycles. The van der Waals surface area contributed by atoms with Crippen LogP contribution in [0.2, 0.25) is 0 Å². The van der Waals surface area contributed by atoms with Gasteiger partial charge in [-0.05, 0) is 36.2 Å². The van der Waals surface area contributed by atoms with Crippen molar-refractivity contribution in [3.8, 4) is 17.0 Å². The van der Waals surface area contributed by atoms with E-state index in [9.17, 15) is 4.79 Å². The summed E-state index contributed by atoms with van der Waals surface area (Å²) in [7, 11) is 0. The van der Waals surface area contributed by atoms with Crippen LogP contribution in [-0.4, -0.2) is 53.8 Å². The maximum absolute atomic E-state index is 13.0. The highest BCUT2D eigenvalue weighted by molar-refractivity contribution is 5.94. The minimum absolute atomic E-state index is 0.0418. The van der Waals surface area contributed by atoms with Gasteiger partial charge in [0.1, 0.15) is 5.75 Å². The van der Waals surface area contributed by atoms with Crippen LogP contribution < -0.4 is 9.64 Å². The zero-order valence-electron chi connectivity index (χ0n) is 18.1. The smallest absolute Gasteiger partial charge is 0.254 e. The van der Waals surface area contributed by atoms with E-state index in [0.717, 1.165) is 35.9 Å². The molecule has 1 aliphatic heterocycles. The fourth-order valence-electron chi connectivity index (χ4n) is 3.56. The highest BCUT2D eigenvalue weighted by Crippen LogP contribution is 2.20. The molecule has 1 amide bonds. The van der Waals surface area contributed by atoms with E-state index in [1.807, 2.05) is 71.6 Å². The molecule has 0 atom stereocenters. The van der Waals surface area contributed by atoms with E-state index in [1.165, 1.54) is 0 Å². The molecule has 6 nitrogen and oxygen atoms in total. The van der Waals surface area contributed by atoms with Gasteiger partial charge in [0.15, 0.2) is 5.82 Å². The number of anilines is 1. The highest BCUT2D eigenvalue weighted by Gasteiger charge is 2.23. The van der Waals surface area contributed by atoms with E-state index >= 15 is 0 Å². The highest BCUT2D eigenvalue weighted by atomic mass is 16.5. The fourth-order valence-corrected chi connectivity index (χ4v) is 3.56. The predicted octanol–water partition coefficient (Wildman–Crippen LogP) is 4.14. The summed E-state index contributed by atoms with van der Waals surface area (Å²) >= 11 is 0. The Labute approximate surface area is 183 Å². The van der Waals surface area contributed by atoms with E-state index in [-0.39, 0.29) is 5.91 Å². The molecule has 160 valence electrons. The van der Waals surface area contributed by atoms with E-state index in [0.29, 0.717) is 31.2 Å². The van der Waals surface area contributed by atoms with Crippen molar-refractivity contribution in [1.29, 1.82) is 0 Å². The standard InChI is InChI=1S/C25H28N4O2/c1-19(2)18-31-22-10-6-9-21(17-22)25(30)29-15-13-28(14-16-29)24-12-11-23(26-27-24)20-7-4-3-5-8-20/h3-12,17,19H,13-16,18H2,1-2H3. The first-order valence-corrected chi connectivity index (χ1v) is 10.8. The van der Waals surface area contributed by atoms with Crippen molar-refractivity contribution < 1.29 is 9.53 Å². The molecule has 0 aliphatic carbocycles. The first-order chi connectivity index (χ1) is 15.1. The number of carbonyl (C=O) groups is 1. The number of carbonyl (C=O) groups excluding carboxylic acids is 1. The van der Waals surface area contributed by atoms with Crippen LogP contribution in [0.5, 0.6) is 5.75 Å². The molecule has 3 aromatic rings. The average Bonchev–Trinajstić information content (AvgIpc) is 2.83. The Morgan fingerprint density at radius 2 is 1.71 bits per heavy atom. The largest absolute Gasteiger partial charge is 0.493 e. The number of nitrogens with zero attached hydrogens (tertiary/aromatic N) is 4. The Morgan fingerprint density at radius 1 is 0.935 bits per heavy atom. The van der Waals surface area contributed by atoms with Crippen LogP contribution in [0.3, 0.4) is 0 Å². The van der Waals surface area contributed by atoms with Crippen LogP contribution in [0, 0.1) is 5.92 Å². The van der Waals surface area contributed by atoms with Gasteiger partial charge < -0.3 is 14.5 Å². The molecule has 4 rings (SSSR count). The van der Waals surface area contributed by atoms with Crippen LogP contribution in [-0.2, 0) is 0 Å². The average molecular weight is 417 g/mol. The van der Waals surface area contributed by atoms with Gasteiger partial charge in [-0.2, -0.15) is 0 Å². The fraction of sp³-hybridized carbons (Fsp3) is 0.320. The van der Waals surface area contributed by atoms with Crippen LogP contribution in [0.15, 0.2) is 66.7 Å². The minimum atomic E-state index is 0.0418. The van der Waals surface area contributed by atoms with Crippen LogP contribution in [0.4, 0.5) is 5.82 Å². The number of benzene rings is 2. The summed E-state index contributed by atoms with van der Waals surface area (Å²) in [6.45, 7) is 7.61. The SMILES string of the molecule is CC(C)COc1cccc(C(=O)N2CCN(c3ccc(-c4ccccc4)nn3)CC2)c1. The third kappa shape index (κ3) is 5.20. The quantitative estimate of drug-likeness (QED) is 0.604. The maximum Gasteiger partial charge on any atom is 0.254 e. The summed E-state index contributed by atoms with van der Waals surface area (Å²) in [5, 5.41) is 8.79. The number of ether oxygens (including phenoxy) is 1. The summed E-state index contributed by atoms with van der Waals surface area (Å²) < 4.78 is 5.77. The number of amides is 1. The number of piperazine rings is 1. The van der Waals surface area contributed by atoms with Crippen LogP contribution >= 0.6 is 0 Å². The molecule has 0 spiro atoms. The van der Waals surface area contributed by atoms with Gasteiger partial charge in [0.05, 0.1) is 12.3 Å². The Bertz CT molecular complexity index is 998. The van der Waals surface area contributed by atoms with Gasteiger partial charge in [-0.25, -0.2) is 0 Å². The number of rotatable bonds is 6. The van der Waals surface area contributed by atoms with Crippen LogP contribution in [0.1, 0.15) is 24.2 Å². The molecular formula is C25H28N4O2. The van der Waals surface area contributed by atoms with E-state index in [4.69, 9.17) is 4.74 Å². The van der Waals surface area contributed by atoms with Gasteiger partial charge >= 0.3 is 0 Å². The zero-order chi connectivity index (χ0) is 21.6. The lowest BCUT2D eigenvalue weighted by atomic mass is 10.1. The Hall–Kier alpha value is -3.41. The summed E-state index contributed by atoms with van der Waals surface area (Å²) in [6.07, 6.45) is 0. The number of aromatic nitrogens is 2. The molecule has 6 heteroatoms. The third-order valence-corrected chi connectivity index (χ3v) is 5.28. The summed E-state index contributed by atoms with van der Waals surface area (Å²) in [6, 6.07) is 21.5. The van der Waals surface area contributed by atoms with Crippen molar-refractivity contribution in [3.05, 3.63) is 72.3 Å². The lowest BCUT2D eigenvalue weighted by molar-refractivity contribution is 0.0746. The van der Waals surface area contributed by atoms with Crippen molar-refractivity contribution in [2.45, 2.75) is 13.8 Å². The maximum atomic E-state index is 13.0. The molecule has 0 bridgehead atoms. The van der Waals surface area contributed by atoms with Crippen LogP contribution in [0.25, 0.3) is 11.3 Å². The molecule has 31 heavy (non-hydrogen) atoms. The molecule has 1 aromatic heterocycles. The Morgan fingerprint density at radius 3 is 2.39 bits per heavy atom. The molecule has 0 radical (unpaired) electrons. The second-order valence-electron chi connectivity index (χ2n) is 8.15. The van der Waals surface area contributed by atoms with Crippen molar-refractivity contribution in [1.82, 2.24) is 15.1 Å². The monoisotopic (exact) mass is 416 g/mol. The lowest BCUT2D eigenvalue weighted by Crippen LogP contribution is -2.49. The number of hydrogen-bond acceptors (Lipinski definition) is 5. The summed E-state index contributed by atoms with van der Waals surface area (Å²) in [5.74, 6) is 2.07. The Kier molecular flexibility index (Phi) is 6.46. The predicted molar refractivity (Wildman–Crippen MR) is 122 cm³/mol. The first-order valence-electron chi connectivity index (χ1n) is 10.8. The molecule has 0 saturated carbocycles. The summed E-state index contributed by atoms with van der Waals surface area (Å²) in [5.41, 5.74) is 2.58. The van der Waals surface area contributed by atoms with E-state index in [2.05, 4.69) is 28.9 Å². The second kappa shape index (κ2) is 9.60. The second-order valence-corrected chi connectivity index (χ2v) is 8.15. The zero-order valence-corrected chi connectivity index (χ0v) is 18.1. The van der Waals surface area contributed by atoms with Gasteiger partial charge in [0.2, 0.25) is 0 Å². The Balaban J connectivity index is 1.35. The van der Waals surface area contributed by atoms with Crippen molar-refractivity contribution >= 4 is 11.7 Å². The molecule has 2 aromatic carbocycles. The topological polar surface area (TPSA) is 58.6 Å². The van der Waals surface area contributed by atoms with Crippen molar-refractivity contribution in [3.63, 3.8) is 0 Å². The third-order valence-electron chi connectivity index (χ3n) is 5.28. The molecule has 1 aliphatic rings. The van der Waals surface area contributed by atoms with Gasteiger partial charge in [-0.1, -0.05) is 50.2 Å². The molecule has 0 unspecified atom stereocenters. The normalized spacial score (nSPS) is 14.0. The molecule has 0 N–H and O–H groups in total. The first kappa shape index (κ1) is 20.8. The number of hydrogen-bond donors (Lipinski definition) is 0. The van der Waals surface area contributed by atoms with Crippen molar-refractivity contribution in [2.75, 3.05) is 37.7 Å². The van der Waals surface area contributed by atoms with E-state index < -0.39 is 0 Å². The van der Waals surface area contributed by atoms with Gasteiger partial charge in [-0.3, -0.25) is 4.79 Å².